The molecule has 0 spiro atoms. The van der Waals surface area contributed by atoms with E-state index in [4.69, 9.17) is 23.2 Å². The Labute approximate surface area is 225 Å². The van der Waals surface area contributed by atoms with Crippen LogP contribution < -0.4 is 10.6 Å². The number of hydrogen-bond acceptors (Lipinski definition) is 5. The number of aryl methyl sites for hydroxylation is 1. The molecular formula is C26H29Cl2N5O2S. The highest BCUT2D eigenvalue weighted by Crippen LogP contribution is 2.27. The third-order valence-electron chi connectivity index (χ3n) is 5.47. The van der Waals surface area contributed by atoms with Gasteiger partial charge in [-0.05, 0) is 42.2 Å². The number of rotatable bonds is 11. The van der Waals surface area contributed by atoms with E-state index in [-0.39, 0.29) is 28.5 Å². The minimum Gasteiger partial charge on any atom is -0.342 e. The van der Waals surface area contributed by atoms with Crippen LogP contribution in [0.5, 0.6) is 0 Å². The molecule has 0 aliphatic heterocycles. The maximum absolute atomic E-state index is 13.0. The first kappa shape index (κ1) is 27.8. The largest absolute Gasteiger partial charge is 0.342 e. The maximum Gasteiger partial charge on any atom is 0.253 e. The number of carbonyl (C=O) groups is 2. The molecule has 1 atom stereocenters. The van der Waals surface area contributed by atoms with Crippen molar-refractivity contribution in [2.75, 3.05) is 11.1 Å². The van der Waals surface area contributed by atoms with Crippen LogP contribution in [0.3, 0.4) is 0 Å². The quantitative estimate of drug-likeness (QED) is 0.221. The van der Waals surface area contributed by atoms with E-state index in [0.29, 0.717) is 28.1 Å². The van der Waals surface area contributed by atoms with Gasteiger partial charge in [0.05, 0.1) is 22.4 Å². The van der Waals surface area contributed by atoms with Crippen LogP contribution in [-0.2, 0) is 17.8 Å². The second-order valence-electron chi connectivity index (χ2n) is 8.41. The molecule has 2 aromatic carbocycles. The number of halogens is 2. The summed E-state index contributed by atoms with van der Waals surface area (Å²) in [4.78, 5) is 25.6. The Bertz CT molecular complexity index is 1240. The van der Waals surface area contributed by atoms with Gasteiger partial charge in [-0.15, -0.1) is 16.8 Å². The highest BCUT2D eigenvalue weighted by molar-refractivity contribution is 7.99. The van der Waals surface area contributed by atoms with Gasteiger partial charge in [-0.1, -0.05) is 80.0 Å². The van der Waals surface area contributed by atoms with Crippen LogP contribution in [0.15, 0.2) is 60.3 Å². The normalized spacial score (nSPS) is 11.8. The smallest absolute Gasteiger partial charge is 0.253 e. The Morgan fingerprint density at radius 1 is 1.17 bits per heavy atom. The lowest BCUT2D eigenvalue weighted by molar-refractivity contribution is -0.113. The number of nitrogens with one attached hydrogen (secondary N) is 2. The van der Waals surface area contributed by atoms with Gasteiger partial charge in [-0.3, -0.25) is 9.59 Å². The van der Waals surface area contributed by atoms with Gasteiger partial charge in [0.15, 0.2) is 11.0 Å². The molecule has 2 amide bonds. The Morgan fingerprint density at radius 2 is 1.92 bits per heavy atom. The number of hydrogen-bond donors (Lipinski definition) is 2. The number of thioether (sulfide) groups is 1. The van der Waals surface area contributed by atoms with Crippen LogP contribution in [0.25, 0.3) is 0 Å². The van der Waals surface area contributed by atoms with E-state index < -0.39 is 6.04 Å². The standard InChI is InChI=1S/C26H29Cl2N5O2S/c1-5-13-33-24(23(16(3)4)30-25(35)19-12-11-18(27)14-20(19)28)31-32-26(33)36-15-22(34)29-21-10-8-7-9-17(21)6-2/h5,7-12,14,16,23H,1,6,13,15H2,2-4H3,(H,29,34)(H,30,35)/t23-/m1/s1. The summed E-state index contributed by atoms with van der Waals surface area (Å²) < 4.78 is 1.86. The second-order valence-corrected chi connectivity index (χ2v) is 10.2. The molecule has 0 radical (unpaired) electrons. The number of nitrogens with zero attached hydrogens (tertiary/aromatic N) is 3. The maximum atomic E-state index is 13.0. The molecule has 7 nitrogen and oxygen atoms in total. The van der Waals surface area contributed by atoms with E-state index >= 15 is 0 Å². The molecule has 0 unspecified atom stereocenters. The summed E-state index contributed by atoms with van der Waals surface area (Å²) in [6.07, 6.45) is 2.55. The number of para-hydroxylation sites is 1. The molecule has 36 heavy (non-hydrogen) atoms. The monoisotopic (exact) mass is 545 g/mol. The van der Waals surface area contributed by atoms with E-state index in [9.17, 15) is 9.59 Å². The van der Waals surface area contributed by atoms with Crippen LogP contribution in [0, 0.1) is 5.92 Å². The number of anilines is 1. The van der Waals surface area contributed by atoms with Crippen molar-refractivity contribution in [3.05, 3.63) is 82.1 Å². The van der Waals surface area contributed by atoms with Crippen molar-refractivity contribution in [3.8, 4) is 0 Å². The van der Waals surface area contributed by atoms with Crippen LogP contribution >= 0.6 is 35.0 Å². The Balaban J connectivity index is 1.77. The van der Waals surface area contributed by atoms with Gasteiger partial charge in [-0.25, -0.2) is 0 Å². The first-order chi connectivity index (χ1) is 17.2. The average molecular weight is 547 g/mol. The van der Waals surface area contributed by atoms with Crippen molar-refractivity contribution in [1.82, 2.24) is 20.1 Å². The van der Waals surface area contributed by atoms with Gasteiger partial charge in [0.25, 0.3) is 5.91 Å². The Morgan fingerprint density at radius 3 is 2.58 bits per heavy atom. The van der Waals surface area contributed by atoms with Crippen molar-refractivity contribution < 1.29 is 9.59 Å². The molecule has 2 N–H and O–H groups in total. The third-order valence-corrected chi connectivity index (χ3v) is 6.98. The van der Waals surface area contributed by atoms with Gasteiger partial charge < -0.3 is 15.2 Å². The predicted octanol–water partition coefficient (Wildman–Crippen LogP) is 6.19. The fourth-order valence-electron chi connectivity index (χ4n) is 3.63. The lowest BCUT2D eigenvalue weighted by atomic mass is 10.0. The van der Waals surface area contributed by atoms with E-state index in [0.717, 1.165) is 17.7 Å². The average Bonchev–Trinajstić information content (AvgIpc) is 3.23. The van der Waals surface area contributed by atoms with Crippen LogP contribution in [-0.4, -0.2) is 32.3 Å². The zero-order chi connectivity index (χ0) is 26.2. The zero-order valence-electron chi connectivity index (χ0n) is 20.4. The van der Waals surface area contributed by atoms with E-state index in [1.54, 1.807) is 18.2 Å². The van der Waals surface area contributed by atoms with Gasteiger partial charge in [0, 0.05) is 17.3 Å². The van der Waals surface area contributed by atoms with Gasteiger partial charge in [0.1, 0.15) is 0 Å². The van der Waals surface area contributed by atoms with Crippen LogP contribution in [0.1, 0.15) is 48.6 Å². The number of allylic oxidation sites excluding steroid dienone is 1. The molecule has 1 aromatic heterocycles. The molecular weight excluding hydrogens is 517 g/mol. The SMILES string of the molecule is C=CCn1c(SCC(=O)Nc2ccccc2CC)nnc1[C@H](NC(=O)c1ccc(Cl)cc1Cl)C(C)C. The molecule has 3 rings (SSSR count). The fraction of sp³-hybridized carbons (Fsp3) is 0.308. The molecule has 0 aliphatic carbocycles. The molecule has 0 fully saturated rings. The number of carbonyl (C=O) groups excluding carboxylic acids is 2. The molecule has 10 heteroatoms. The van der Waals surface area contributed by atoms with E-state index in [1.165, 1.54) is 17.8 Å². The van der Waals surface area contributed by atoms with Crippen molar-refractivity contribution in [1.29, 1.82) is 0 Å². The fourth-order valence-corrected chi connectivity index (χ4v) is 4.88. The van der Waals surface area contributed by atoms with Gasteiger partial charge >= 0.3 is 0 Å². The van der Waals surface area contributed by atoms with Gasteiger partial charge in [-0.2, -0.15) is 0 Å². The van der Waals surface area contributed by atoms with Crippen molar-refractivity contribution in [3.63, 3.8) is 0 Å². The number of benzene rings is 2. The molecule has 0 aliphatic rings. The second kappa shape index (κ2) is 12.9. The van der Waals surface area contributed by atoms with Gasteiger partial charge in [0.2, 0.25) is 5.91 Å². The number of aromatic nitrogens is 3. The summed E-state index contributed by atoms with van der Waals surface area (Å²) in [6, 6.07) is 12.0. The van der Waals surface area contributed by atoms with Crippen molar-refractivity contribution >= 4 is 52.5 Å². The zero-order valence-corrected chi connectivity index (χ0v) is 22.8. The molecule has 190 valence electrons. The summed E-state index contributed by atoms with van der Waals surface area (Å²) in [5, 5.41) is 16.0. The lowest BCUT2D eigenvalue weighted by Gasteiger charge is -2.23. The minimum atomic E-state index is -0.448. The molecule has 3 aromatic rings. The first-order valence-electron chi connectivity index (χ1n) is 11.6. The molecule has 0 saturated carbocycles. The minimum absolute atomic E-state index is 0.000477. The highest BCUT2D eigenvalue weighted by Gasteiger charge is 2.27. The lowest BCUT2D eigenvalue weighted by Crippen LogP contribution is -2.34. The molecule has 0 saturated heterocycles. The Hall–Kier alpha value is -2.81. The van der Waals surface area contributed by atoms with Crippen molar-refractivity contribution in [2.24, 2.45) is 5.92 Å². The summed E-state index contributed by atoms with van der Waals surface area (Å²) in [5.74, 6) is 0.252. The third kappa shape index (κ3) is 6.90. The predicted molar refractivity (Wildman–Crippen MR) is 147 cm³/mol. The summed E-state index contributed by atoms with van der Waals surface area (Å²) in [6.45, 7) is 10.3. The number of amides is 2. The van der Waals surface area contributed by atoms with Crippen molar-refractivity contribution in [2.45, 2.75) is 44.9 Å². The van der Waals surface area contributed by atoms with E-state index in [2.05, 4.69) is 27.4 Å². The molecule has 1 heterocycles. The molecule has 0 bridgehead atoms. The Kier molecular flexibility index (Phi) is 9.98. The summed E-state index contributed by atoms with van der Waals surface area (Å²) in [7, 11) is 0. The van der Waals surface area contributed by atoms with E-state index in [1.807, 2.05) is 49.6 Å². The first-order valence-corrected chi connectivity index (χ1v) is 13.3. The van der Waals surface area contributed by atoms with Crippen LogP contribution in [0.4, 0.5) is 5.69 Å². The topological polar surface area (TPSA) is 88.9 Å². The highest BCUT2D eigenvalue weighted by atomic mass is 35.5. The summed E-state index contributed by atoms with van der Waals surface area (Å²) >= 11 is 13.5. The summed E-state index contributed by atoms with van der Waals surface area (Å²) in [5.41, 5.74) is 2.20. The van der Waals surface area contributed by atoms with Crippen LogP contribution in [0.2, 0.25) is 10.0 Å².